The maximum atomic E-state index is 5.47. The van der Waals surface area contributed by atoms with E-state index in [-0.39, 0.29) is 0 Å². The summed E-state index contributed by atoms with van der Waals surface area (Å²) in [7, 11) is 14.4. The summed E-state index contributed by atoms with van der Waals surface area (Å²) < 4.78 is 43.3. The molecule has 0 spiro atoms. The van der Waals surface area contributed by atoms with E-state index in [1.54, 1.807) is 42.7 Å². The Morgan fingerprint density at radius 3 is 0.538 bits per heavy atom. The topological polar surface area (TPSA) is 73.8 Å². The predicted molar refractivity (Wildman–Crippen MR) is 585 cm³/mol. The Kier molecular flexibility index (Phi) is 99.2. The zero-order chi connectivity index (χ0) is 102. The third-order valence-electron chi connectivity index (χ3n) is 21.8. The second-order valence-electron chi connectivity index (χ2n) is 28.2. The molecule has 0 heterocycles. The van der Waals surface area contributed by atoms with Crippen LogP contribution in [-0.2, 0) is 89.3 Å². The summed E-state index contributed by atoms with van der Waals surface area (Å²) in [6.07, 6.45) is 24.0. The normalized spacial score (nSPS) is 16.6. The molecule has 0 N–H and O–H groups in total. The van der Waals surface area contributed by atoms with Crippen LogP contribution in [0.25, 0.3) is 0 Å². The Morgan fingerprint density at radius 2 is 0.331 bits per heavy atom. The fourth-order valence-corrected chi connectivity index (χ4v) is 16.3. The molecule has 8 heteroatoms. The molecule has 8 aromatic rings. The first kappa shape index (κ1) is 139. The molecule has 16 rings (SSSR count). The fraction of sp³-hybridized carbons (Fsp3) is 0.607. The van der Waals surface area contributed by atoms with Crippen molar-refractivity contribution in [1.82, 2.24) is 0 Å². The Balaban J connectivity index is -0.000000208. The largest absolute Gasteiger partial charge is 0.377 e. The zero-order valence-electron chi connectivity index (χ0n) is 94.5. The summed E-state index contributed by atoms with van der Waals surface area (Å²) in [5.74, 6) is 0. The Hall–Kier alpha value is -6.56. The Labute approximate surface area is 810 Å². The van der Waals surface area contributed by atoms with E-state index in [2.05, 4.69) is 201 Å². The van der Waals surface area contributed by atoms with Gasteiger partial charge >= 0.3 is 0 Å². The molecule has 748 valence electrons. The van der Waals surface area contributed by atoms with E-state index in [4.69, 9.17) is 37.9 Å². The minimum absolute atomic E-state index is 0.337. The number of hydrogen-bond donors (Lipinski definition) is 0. The Bertz CT molecular complexity index is 3530. The summed E-state index contributed by atoms with van der Waals surface area (Å²) in [5.41, 5.74) is 34.1. The van der Waals surface area contributed by atoms with Crippen LogP contribution in [0.1, 0.15) is 468 Å². The van der Waals surface area contributed by atoms with Gasteiger partial charge in [0.05, 0.1) is 48.8 Å². The monoisotopic (exact) mass is 1810 g/mol. The summed E-state index contributed by atoms with van der Waals surface area (Å²) in [4.78, 5) is 0. The molecule has 0 radical (unpaired) electrons. The van der Waals surface area contributed by atoms with Crippen molar-refractivity contribution in [3.8, 4) is 0 Å². The van der Waals surface area contributed by atoms with Gasteiger partial charge in [-0.2, -0.15) is 0 Å². The van der Waals surface area contributed by atoms with Crippen LogP contribution in [0.15, 0.2) is 146 Å². The van der Waals surface area contributed by atoms with Crippen molar-refractivity contribution in [2.75, 3.05) is 56.9 Å². The quantitative estimate of drug-likeness (QED) is 0.149. The molecule has 0 fully saturated rings. The van der Waals surface area contributed by atoms with Gasteiger partial charge in [0.1, 0.15) is 0 Å². The standard InChI is InChI=1S/2C12H16O.6C11H14O.16C2H6/c1-9-5-3-7-11-10(9)6-4-8-12(11)13-2;1-9-6-7-10-4-3-5-12(13-2)11(10)8-9;3*1-8-3-4-9-5-6-11(12-2)10(9)7-8;3*1-8-4-3-5-10-9(8)6-7-11(10)12-2;16*1-2/h3,5,7,12H,4,6,8H2,1-2H3;6-8,12H,3-5H2,1-2H3;3*3-4,7,11H,5-6H2,1-2H3;3*3-5,11H,6-7H2,1-2H3;16*1-2H3/t;;2*11-;;2*11-;;;;;;;;;;;;;;;;;/m..10.10................./s1. The molecule has 8 atom stereocenters. The van der Waals surface area contributed by atoms with E-state index in [1.165, 1.54) is 211 Å². The highest BCUT2D eigenvalue weighted by atomic mass is 16.5. The van der Waals surface area contributed by atoms with E-state index >= 15 is 0 Å². The summed E-state index contributed by atoms with van der Waals surface area (Å²) >= 11 is 0. The molecule has 0 saturated heterocycles. The second kappa shape index (κ2) is 92.9. The summed E-state index contributed by atoms with van der Waals surface area (Å²) in [5, 5.41) is 0. The van der Waals surface area contributed by atoms with E-state index in [9.17, 15) is 0 Å². The van der Waals surface area contributed by atoms with Crippen LogP contribution >= 0.6 is 0 Å². The van der Waals surface area contributed by atoms with Gasteiger partial charge in [-0.1, -0.05) is 389 Å². The molecule has 8 aliphatic rings. The van der Waals surface area contributed by atoms with Crippen LogP contribution in [0, 0.1) is 55.4 Å². The van der Waals surface area contributed by atoms with Crippen LogP contribution in [-0.4, -0.2) is 56.9 Å². The minimum atomic E-state index is 0.337. The van der Waals surface area contributed by atoms with Crippen molar-refractivity contribution in [1.29, 1.82) is 0 Å². The van der Waals surface area contributed by atoms with Gasteiger partial charge in [0.25, 0.3) is 0 Å². The van der Waals surface area contributed by atoms with Crippen LogP contribution in [0.2, 0.25) is 0 Å². The van der Waals surface area contributed by atoms with Gasteiger partial charge < -0.3 is 37.9 Å². The van der Waals surface area contributed by atoms with Crippen LogP contribution < -0.4 is 0 Å². The first-order chi connectivity index (χ1) is 63.5. The molecule has 0 aliphatic heterocycles. The molecule has 8 aromatic carbocycles. The lowest BCUT2D eigenvalue weighted by Crippen LogP contribution is -2.12. The molecule has 4 unspecified atom stereocenters. The number of ether oxygens (including phenoxy) is 8. The van der Waals surface area contributed by atoms with Gasteiger partial charge in [0.15, 0.2) is 0 Å². The van der Waals surface area contributed by atoms with E-state index in [0.29, 0.717) is 48.8 Å². The van der Waals surface area contributed by atoms with Crippen molar-refractivity contribution in [2.45, 2.75) is 441 Å². The highest BCUT2D eigenvalue weighted by Gasteiger charge is 2.28. The average molecular weight is 1810 g/mol. The molecule has 130 heavy (non-hydrogen) atoms. The third-order valence-corrected chi connectivity index (χ3v) is 21.8. The third kappa shape index (κ3) is 48.1. The van der Waals surface area contributed by atoms with E-state index < -0.39 is 0 Å². The smallest absolute Gasteiger partial charge is 0.0827 e. The van der Waals surface area contributed by atoms with E-state index in [1.807, 2.05) is 236 Å². The van der Waals surface area contributed by atoms with Crippen LogP contribution in [0.5, 0.6) is 0 Å². The summed E-state index contributed by atoms with van der Waals surface area (Å²) in [6.45, 7) is 81.3. The number of hydrogen-bond acceptors (Lipinski definition) is 8. The number of rotatable bonds is 8. The number of methoxy groups -OCH3 is 8. The molecule has 0 aromatic heterocycles. The average Bonchev–Trinajstić information content (AvgIpc) is 1.30. The van der Waals surface area contributed by atoms with Crippen molar-refractivity contribution in [3.05, 3.63) is 279 Å². The second-order valence-corrected chi connectivity index (χ2v) is 28.2. The predicted octanol–water partition coefficient (Wildman–Crippen LogP) is 38.2. The first-order valence-corrected chi connectivity index (χ1v) is 52.5. The Morgan fingerprint density at radius 1 is 0.169 bits per heavy atom. The van der Waals surface area contributed by atoms with E-state index in [0.717, 1.165) is 38.5 Å². The SMILES string of the molecule is CC.CC.CC.CC.CC.CC.CC.CC.CC.CC.CC.CC.CC.CC.CC.CC.COC1CCCc2c(C)cccc21.COC1CCCc2ccc(C)cc21.COC1CCc2c(C)cccc21.COC1CCc2ccc(C)cc21.CO[C@@H]1CCc2c(C)cccc21.CO[C@@H]1CCc2ccc(C)cc21.CO[C@H]1CCc2c(C)cccc21.CO[C@H]1CCc2ccc(C)cc21. The number of benzene rings is 8. The highest BCUT2D eigenvalue weighted by Crippen LogP contribution is 2.41. The van der Waals surface area contributed by atoms with Crippen LogP contribution in [0.3, 0.4) is 0 Å². The fourth-order valence-electron chi connectivity index (χ4n) is 16.3. The molecular formula is C122H212O8. The minimum Gasteiger partial charge on any atom is -0.377 e. The molecule has 0 amide bonds. The molecule has 0 bridgehead atoms. The zero-order valence-corrected chi connectivity index (χ0v) is 94.5. The van der Waals surface area contributed by atoms with Gasteiger partial charge in [-0.15, -0.1) is 0 Å². The molecular weight excluding hydrogens is 1590 g/mol. The lowest BCUT2D eigenvalue weighted by molar-refractivity contribution is 0.0879. The van der Waals surface area contributed by atoms with Gasteiger partial charge in [0.2, 0.25) is 0 Å². The van der Waals surface area contributed by atoms with Gasteiger partial charge in [-0.05, 0) is 282 Å². The molecule has 8 aliphatic carbocycles. The number of aryl methyl sites for hydroxylation is 12. The number of fused-ring (bicyclic) bond motifs is 8. The molecule has 8 nitrogen and oxygen atoms in total. The highest BCUT2D eigenvalue weighted by molar-refractivity contribution is 5.44. The lowest BCUT2D eigenvalue weighted by atomic mass is 9.87. The van der Waals surface area contributed by atoms with Gasteiger partial charge in [-0.3, -0.25) is 0 Å². The van der Waals surface area contributed by atoms with Gasteiger partial charge in [0, 0.05) is 56.9 Å². The van der Waals surface area contributed by atoms with Crippen molar-refractivity contribution < 1.29 is 37.9 Å². The maximum Gasteiger partial charge on any atom is 0.0827 e. The molecule has 0 saturated carbocycles. The summed E-state index contributed by atoms with van der Waals surface area (Å²) in [6, 6.07) is 52.6. The lowest BCUT2D eigenvalue weighted by Gasteiger charge is -2.25. The van der Waals surface area contributed by atoms with Crippen molar-refractivity contribution in [3.63, 3.8) is 0 Å². The van der Waals surface area contributed by atoms with Crippen LogP contribution in [0.4, 0.5) is 0 Å². The van der Waals surface area contributed by atoms with Crippen molar-refractivity contribution in [2.24, 2.45) is 0 Å². The van der Waals surface area contributed by atoms with Gasteiger partial charge in [-0.25, -0.2) is 0 Å². The first-order valence-electron chi connectivity index (χ1n) is 52.5. The maximum absolute atomic E-state index is 5.47. The van der Waals surface area contributed by atoms with Crippen molar-refractivity contribution >= 4 is 0 Å².